The van der Waals surface area contributed by atoms with Gasteiger partial charge in [-0.15, -0.1) is 0 Å². The molecule has 2 rings (SSSR count). The first-order valence-corrected chi connectivity index (χ1v) is 5.66. The highest BCUT2D eigenvalue weighted by molar-refractivity contribution is 4.89. The molecule has 0 aliphatic heterocycles. The van der Waals surface area contributed by atoms with Crippen molar-refractivity contribution in [2.45, 2.75) is 46.5 Å². The predicted molar refractivity (Wildman–Crippen MR) is 52.9 cm³/mol. The Balaban J connectivity index is 1.88. The summed E-state index contributed by atoms with van der Waals surface area (Å²) < 4.78 is 0. The van der Waals surface area contributed by atoms with E-state index in [4.69, 9.17) is 0 Å². The molecular weight excluding hydrogens is 144 g/mol. The number of hydrogen-bond donors (Lipinski definition) is 0. The first kappa shape index (κ1) is 8.59. The van der Waals surface area contributed by atoms with E-state index in [1.807, 2.05) is 0 Å². The van der Waals surface area contributed by atoms with Crippen molar-refractivity contribution >= 4 is 0 Å². The zero-order chi connectivity index (χ0) is 8.72. The Morgan fingerprint density at radius 2 is 1.33 bits per heavy atom. The van der Waals surface area contributed by atoms with Crippen LogP contribution in [0.1, 0.15) is 46.5 Å². The van der Waals surface area contributed by atoms with Crippen LogP contribution in [0.2, 0.25) is 0 Å². The number of rotatable bonds is 1. The SMILES string of the molecule is CC1CC(C2CC(C)CC2C)C1. The van der Waals surface area contributed by atoms with Gasteiger partial charge in [0, 0.05) is 0 Å². The Hall–Kier alpha value is 0. The monoisotopic (exact) mass is 166 g/mol. The third kappa shape index (κ3) is 1.41. The minimum absolute atomic E-state index is 1.01. The molecule has 0 aromatic rings. The van der Waals surface area contributed by atoms with E-state index in [2.05, 4.69) is 20.8 Å². The molecule has 0 N–H and O–H groups in total. The van der Waals surface area contributed by atoms with Gasteiger partial charge < -0.3 is 0 Å². The van der Waals surface area contributed by atoms with Crippen LogP contribution in [0, 0.1) is 29.6 Å². The maximum Gasteiger partial charge on any atom is -0.0357 e. The molecule has 70 valence electrons. The summed E-state index contributed by atoms with van der Waals surface area (Å²) in [5.41, 5.74) is 0. The van der Waals surface area contributed by atoms with Crippen LogP contribution in [-0.4, -0.2) is 0 Å². The molecule has 0 saturated heterocycles. The van der Waals surface area contributed by atoms with Gasteiger partial charge in [-0.05, 0) is 55.3 Å². The van der Waals surface area contributed by atoms with E-state index in [0.717, 1.165) is 29.6 Å². The second kappa shape index (κ2) is 3.05. The largest absolute Gasteiger partial charge is 0.0625 e. The van der Waals surface area contributed by atoms with Gasteiger partial charge >= 0.3 is 0 Å². The highest BCUT2D eigenvalue weighted by atomic mass is 14.4. The molecule has 3 unspecified atom stereocenters. The van der Waals surface area contributed by atoms with Gasteiger partial charge in [-0.2, -0.15) is 0 Å². The van der Waals surface area contributed by atoms with Crippen molar-refractivity contribution in [3.63, 3.8) is 0 Å². The Kier molecular flexibility index (Phi) is 2.18. The minimum Gasteiger partial charge on any atom is -0.0625 e. The maximum atomic E-state index is 2.47. The fourth-order valence-corrected chi connectivity index (χ4v) is 3.57. The Morgan fingerprint density at radius 3 is 1.75 bits per heavy atom. The summed E-state index contributed by atoms with van der Waals surface area (Å²) in [4.78, 5) is 0. The van der Waals surface area contributed by atoms with Gasteiger partial charge in [-0.1, -0.05) is 20.8 Å². The van der Waals surface area contributed by atoms with E-state index in [0.29, 0.717) is 0 Å². The van der Waals surface area contributed by atoms with Gasteiger partial charge in [0.05, 0.1) is 0 Å². The molecule has 0 nitrogen and oxygen atoms in total. The van der Waals surface area contributed by atoms with E-state index >= 15 is 0 Å². The second-order valence-electron chi connectivity index (χ2n) is 5.55. The van der Waals surface area contributed by atoms with Crippen LogP contribution in [0.5, 0.6) is 0 Å². The Bertz CT molecular complexity index is 155. The van der Waals surface area contributed by atoms with Gasteiger partial charge in [0.2, 0.25) is 0 Å². The normalized spacial score (nSPS) is 53.8. The summed E-state index contributed by atoms with van der Waals surface area (Å²) in [5.74, 6) is 5.28. The summed E-state index contributed by atoms with van der Waals surface area (Å²) in [6.07, 6.45) is 6.08. The van der Waals surface area contributed by atoms with Crippen LogP contribution in [0.3, 0.4) is 0 Å². The summed E-state index contributed by atoms with van der Waals surface area (Å²) >= 11 is 0. The second-order valence-corrected chi connectivity index (χ2v) is 5.55. The molecule has 0 heterocycles. The molecule has 2 saturated carbocycles. The van der Waals surface area contributed by atoms with Crippen molar-refractivity contribution in [3.8, 4) is 0 Å². The van der Waals surface area contributed by atoms with Crippen LogP contribution in [0.25, 0.3) is 0 Å². The van der Waals surface area contributed by atoms with Crippen molar-refractivity contribution in [1.82, 2.24) is 0 Å². The van der Waals surface area contributed by atoms with Crippen LogP contribution >= 0.6 is 0 Å². The van der Waals surface area contributed by atoms with Gasteiger partial charge in [0.1, 0.15) is 0 Å². The lowest BCUT2D eigenvalue weighted by atomic mass is 9.67. The molecule has 0 amide bonds. The predicted octanol–water partition coefficient (Wildman–Crippen LogP) is 3.71. The molecule has 0 bridgehead atoms. The van der Waals surface area contributed by atoms with E-state index < -0.39 is 0 Å². The molecule has 0 radical (unpaired) electrons. The van der Waals surface area contributed by atoms with Gasteiger partial charge in [0.15, 0.2) is 0 Å². The summed E-state index contributed by atoms with van der Waals surface area (Å²) in [5, 5.41) is 0. The van der Waals surface area contributed by atoms with Gasteiger partial charge in [0.25, 0.3) is 0 Å². The Morgan fingerprint density at radius 1 is 0.750 bits per heavy atom. The van der Waals surface area contributed by atoms with Gasteiger partial charge in [-0.25, -0.2) is 0 Å². The first-order valence-electron chi connectivity index (χ1n) is 5.66. The fraction of sp³-hybridized carbons (Fsp3) is 1.00. The topological polar surface area (TPSA) is 0 Å². The van der Waals surface area contributed by atoms with E-state index in [1.54, 1.807) is 0 Å². The van der Waals surface area contributed by atoms with E-state index in [1.165, 1.54) is 25.7 Å². The third-order valence-corrected chi connectivity index (χ3v) is 4.20. The molecule has 0 spiro atoms. The zero-order valence-electron chi connectivity index (χ0n) is 8.72. The lowest BCUT2D eigenvalue weighted by Gasteiger charge is -2.39. The average molecular weight is 166 g/mol. The van der Waals surface area contributed by atoms with Crippen molar-refractivity contribution < 1.29 is 0 Å². The molecular formula is C12H22. The van der Waals surface area contributed by atoms with Crippen LogP contribution < -0.4 is 0 Å². The molecule has 0 heteroatoms. The minimum atomic E-state index is 1.01. The molecule has 0 aromatic heterocycles. The van der Waals surface area contributed by atoms with E-state index in [-0.39, 0.29) is 0 Å². The van der Waals surface area contributed by atoms with Crippen molar-refractivity contribution in [3.05, 3.63) is 0 Å². The smallest absolute Gasteiger partial charge is 0.0357 e. The van der Waals surface area contributed by atoms with Gasteiger partial charge in [-0.3, -0.25) is 0 Å². The number of hydrogen-bond acceptors (Lipinski definition) is 0. The van der Waals surface area contributed by atoms with Crippen molar-refractivity contribution in [1.29, 1.82) is 0 Å². The molecule has 2 aliphatic rings. The zero-order valence-corrected chi connectivity index (χ0v) is 8.72. The van der Waals surface area contributed by atoms with Crippen LogP contribution in [-0.2, 0) is 0 Å². The van der Waals surface area contributed by atoms with Crippen molar-refractivity contribution in [2.75, 3.05) is 0 Å². The molecule has 0 aromatic carbocycles. The standard InChI is InChI=1S/C12H22/c1-8-4-10(3)12(7-8)11-5-9(2)6-11/h8-12H,4-7H2,1-3H3. The Labute approximate surface area is 76.7 Å². The quantitative estimate of drug-likeness (QED) is 0.557. The van der Waals surface area contributed by atoms with Crippen molar-refractivity contribution in [2.24, 2.45) is 29.6 Å². The molecule has 12 heavy (non-hydrogen) atoms. The molecule has 2 fully saturated rings. The van der Waals surface area contributed by atoms with Crippen LogP contribution in [0.15, 0.2) is 0 Å². The lowest BCUT2D eigenvalue weighted by molar-refractivity contribution is 0.114. The highest BCUT2D eigenvalue weighted by Gasteiger charge is 2.39. The highest BCUT2D eigenvalue weighted by Crippen LogP contribution is 2.49. The summed E-state index contributed by atoms with van der Waals surface area (Å²) in [7, 11) is 0. The first-order chi connectivity index (χ1) is 5.66. The molecule has 3 atom stereocenters. The summed E-state index contributed by atoms with van der Waals surface area (Å²) in [6, 6.07) is 0. The lowest BCUT2D eigenvalue weighted by Crippen LogP contribution is -2.29. The molecule has 2 aliphatic carbocycles. The van der Waals surface area contributed by atoms with E-state index in [9.17, 15) is 0 Å². The average Bonchev–Trinajstić information content (AvgIpc) is 2.23. The fourth-order valence-electron chi connectivity index (χ4n) is 3.57. The third-order valence-electron chi connectivity index (χ3n) is 4.20. The maximum absolute atomic E-state index is 2.47. The van der Waals surface area contributed by atoms with Crippen LogP contribution in [0.4, 0.5) is 0 Å². The summed E-state index contributed by atoms with van der Waals surface area (Å²) in [6.45, 7) is 7.30.